The zero-order valence-corrected chi connectivity index (χ0v) is 7.16. The Kier molecular flexibility index (Phi) is 2.37. The van der Waals surface area contributed by atoms with Gasteiger partial charge in [0.25, 0.3) is 0 Å². The summed E-state index contributed by atoms with van der Waals surface area (Å²) in [6.07, 6.45) is 7.67. The molecule has 0 aliphatic carbocycles. The summed E-state index contributed by atoms with van der Waals surface area (Å²) < 4.78 is 0. The topological polar surface area (TPSA) is 24.9 Å². The number of nitrogens with zero attached hydrogens (tertiary/aromatic N) is 1. The maximum absolute atomic E-state index is 4.01. The number of rotatable bonds is 1. The molecular formula is C10H14N2. The quantitative estimate of drug-likeness (QED) is 0.682. The van der Waals surface area contributed by atoms with Crippen molar-refractivity contribution in [3.8, 4) is 0 Å². The Balaban J connectivity index is 2.08. The van der Waals surface area contributed by atoms with Crippen LogP contribution in [0.4, 0.5) is 0 Å². The van der Waals surface area contributed by atoms with Gasteiger partial charge in [0, 0.05) is 18.4 Å². The second-order valence-electron chi connectivity index (χ2n) is 3.28. The monoisotopic (exact) mass is 162 g/mol. The van der Waals surface area contributed by atoms with Gasteiger partial charge in [-0.05, 0) is 37.1 Å². The second-order valence-corrected chi connectivity index (χ2v) is 3.28. The van der Waals surface area contributed by atoms with Crippen molar-refractivity contribution < 1.29 is 0 Å². The van der Waals surface area contributed by atoms with Gasteiger partial charge in [-0.25, -0.2) is 0 Å². The van der Waals surface area contributed by atoms with E-state index < -0.39 is 0 Å². The van der Waals surface area contributed by atoms with E-state index in [0.717, 1.165) is 6.54 Å². The molecule has 2 heterocycles. The van der Waals surface area contributed by atoms with Crippen LogP contribution < -0.4 is 5.32 Å². The number of aromatic nitrogens is 1. The summed E-state index contributed by atoms with van der Waals surface area (Å²) in [6, 6.07) is 4.77. The highest BCUT2D eigenvalue weighted by Gasteiger charge is 2.13. The lowest BCUT2D eigenvalue weighted by Crippen LogP contribution is -2.26. The smallest absolute Gasteiger partial charge is 0.0321 e. The van der Waals surface area contributed by atoms with Crippen molar-refractivity contribution >= 4 is 0 Å². The van der Waals surface area contributed by atoms with Gasteiger partial charge in [-0.2, -0.15) is 0 Å². The standard InChI is InChI=1S/C10H14N2/c1-2-6-12-10(3-1)9-4-7-11-8-5-9/h4-5,7-8,10,12H,1-3,6H2. The third kappa shape index (κ3) is 1.64. The molecule has 0 saturated carbocycles. The molecule has 64 valence electrons. The zero-order chi connectivity index (χ0) is 8.23. The van der Waals surface area contributed by atoms with Crippen LogP contribution in [0.25, 0.3) is 0 Å². The first-order valence-corrected chi connectivity index (χ1v) is 4.60. The van der Waals surface area contributed by atoms with Crippen LogP contribution in [0, 0.1) is 0 Å². The van der Waals surface area contributed by atoms with E-state index in [1.807, 2.05) is 12.4 Å². The average Bonchev–Trinajstić information content (AvgIpc) is 2.21. The summed E-state index contributed by atoms with van der Waals surface area (Å²) in [5.74, 6) is 0. The van der Waals surface area contributed by atoms with E-state index in [1.54, 1.807) is 0 Å². The molecule has 1 aliphatic heterocycles. The van der Waals surface area contributed by atoms with Crippen LogP contribution in [0.3, 0.4) is 0 Å². The molecule has 0 radical (unpaired) electrons. The van der Waals surface area contributed by atoms with E-state index in [-0.39, 0.29) is 0 Å². The first-order valence-electron chi connectivity index (χ1n) is 4.60. The molecule has 0 spiro atoms. The molecule has 2 heteroatoms. The van der Waals surface area contributed by atoms with E-state index in [1.165, 1.54) is 24.8 Å². The lowest BCUT2D eigenvalue weighted by Gasteiger charge is -2.23. The molecular weight excluding hydrogens is 148 g/mol. The van der Waals surface area contributed by atoms with Gasteiger partial charge >= 0.3 is 0 Å². The largest absolute Gasteiger partial charge is 0.310 e. The van der Waals surface area contributed by atoms with Crippen molar-refractivity contribution in [3.63, 3.8) is 0 Å². The third-order valence-electron chi connectivity index (χ3n) is 2.42. The minimum Gasteiger partial charge on any atom is -0.310 e. The lowest BCUT2D eigenvalue weighted by molar-refractivity contribution is 0.412. The maximum Gasteiger partial charge on any atom is 0.0321 e. The SMILES string of the molecule is c1cc(C2CCCCN2)ccn1. The normalized spacial score (nSPS) is 23.8. The Bertz CT molecular complexity index is 227. The maximum atomic E-state index is 4.01. The van der Waals surface area contributed by atoms with Gasteiger partial charge in [0.15, 0.2) is 0 Å². The van der Waals surface area contributed by atoms with E-state index in [2.05, 4.69) is 22.4 Å². The first-order chi connectivity index (χ1) is 5.97. The van der Waals surface area contributed by atoms with Gasteiger partial charge in [-0.3, -0.25) is 4.98 Å². The molecule has 1 N–H and O–H groups in total. The number of piperidine rings is 1. The fraction of sp³-hybridized carbons (Fsp3) is 0.500. The molecule has 0 amide bonds. The van der Waals surface area contributed by atoms with E-state index in [9.17, 15) is 0 Å². The van der Waals surface area contributed by atoms with Gasteiger partial charge in [-0.1, -0.05) is 6.42 Å². The Morgan fingerprint density at radius 1 is 1.25 bits per heavy atom. The molecule has 1 aromatic rings. The predicted octanol–water partition coefficient (Wildman–Crippen LogP) is 1.90. The Morgan fingerprint density at radius 3 is 2.75 bits per heavy atom. The molecule has 2 nitrogen and oxygen atoms in total. The highest BCUT2D eigenvalue weighted by atomic mass is 14.9. The average molecular weight is 162 g/mol. The van der Waals surface area contributed by atoms with Crippen LogP contribution in [0.1, 0.15) is 30.9 Å². The molecule has 1 fully saturated rings. The van der Waals surface area contributed by atoms with Crippen molar-refractivity contribution in [2.45, 2.75) is 25.3 Å². The van der Waals surface area contributed by atoms with Gasteiger partial charge in [-0.15, -0.1) is 0 Å². The van der Waals surface area contributed by atoms with E-state index in [4.69, 9.17) is 0 Å². The van der Waals surface area contributed by atoms with Gasteiger partial charge in [0.05, 0.1) is 0 Å². The number of nitrogens with one attached hydrogen (secondary N) is 1. The summed E-state index contributed by atoms with van der Waals surface area (Å²) in [7, 11) is 0. The molecule has 0 aromatic carbocycles. The van der Waals surface area contributed by atoms with Crippen LogP contribution in [-0.4, -0.2) is 11.5 Å². The van der Waals surface area contributed by atoms with Crippen molar-refractivity contribution in [2.75, 3.05) is 6.54 Å². The number of hydrogen-bond donors (Lipinski definition) is 1. The summed E-state index contributed by atoms with van der Waals surface area (Å²) in [4.78, 5) is 4.01. The van der Waals surface area contributed by atoms with Crippen LogP contribution in [0.2, 0.25) is 0 Å². The van der Waals surface area contributed by atoms with Crippen LogP contribution in [-0.2, 0) is 0 Å². The first kappa shape index (κ1) is 7.74. The lowest BCUT2D eigenvalue weighted by atomic mass is 9.99. The molecule has 1 atom stereocenters. The van der Waals surface area contributed by atoms with Crippen LogP contribution in [0.5, 0.6) is 0 Å². The molecule has 1 saturated heterocycles. The van der Waals surface area contributed by atoms with Gasteiger partial charge in [0.2, 0.25) is 0 Å². The summed E-state index contributed by atoms with van der Waals surface area (Å²) in [5.41, 5.74) is 1.38. The fourth-order valence-electron chi connectivity index (χ4n) is 1.73. The molecule has 1 aliphatic rings. The zero-order valence-electron chi connectivity index (χ0n) is 7.16. The predicted molar refractivity (Wildman–Crippen MR) is 48.8 cm³/mol. The van der Waals surface area contributed by atoms with Crippen molar-refractivity contribution in [1.82, 2.24) is 10.3 Å². The molecule has 1 aromatic heterocycles. The fourth-order valence-corrected chi connectivity index (χ4v) is 1.73. The second kappa shape index (κ2) is 3.68. The Morgan fingerprint density at radius 2 is 2.08 bits per heavy atom. The number of pyridine rings is 1. The molecule has 12 heavy (non-hydrogen) atoms. The third-order valence-corrected chi connectivity index (χ3v) is 2.42. The Hall–Kier alpha value is -0.890. The van der Waals surface area contributed by atoms with E-state index >= 15 is 0 Å². The van der Waals surface area contributed by atoms with Crippen LogP contribution >= 0.6 is 0 Å². The van der Waals surface area contributed by atoms with Crippen molar-refractivity contribution in [2.24, 2.45) is 0 Å². The molecule has 2 rings (SSSR count). The summed E-state index contributed by atoms with van der Waals surface area (Å²) >= 11 is 0. The minimum atomic E-state index is 0.571. The molecule has 0 bridgehead atoms. The van der Waals surface area contributed by atoms with Crippen molar-refractivity contribution in [1.29, 1.82) is 0 Å². The number of hydrogen-bond acceptors (Lipinski definition) is 2. The molecule has 1 unspecified atom stereocenters. The summed E-state index contributed by atoms with van der Waals surface area (Å²) in [6.45, 7) is 1.16. The van der Waals surface area contributed by atoms with Crippen molar-refractivity contribution in [3.05, 3.63) is 30.1 Å². The highest BCUT2D eigenvalue weighted by Crippen LogP contribution is 2.21. The van der Waals surface area contributed by atoms with E-state index in [0.29, 0.717) is 6.04 Å². The summed E-state index contributed by atoms with van der Waals surface area (Å²) in [5, 5.41) is 3.51. The minimum absolute atomic E-state index is 0.571. The van der Waals surface area contributed by atoms with Gasteiger partial charge < -0.3 is 5.32 Å². The van der Waals surface area contributed by atoms with Gasteiger partial charge in [0.1, 0.15) is 0 Å². The highest BCUT2D eigenvalue weighted by molar-refractivity contribution is 5.15. The van der Waals surface area contributed by atoms with Crippen LogP contribution in [0.15, 0.2) is 24.5 Å². The Labute approximate surface area is 73.0 Å².